The van der Waals surface area contributed by atoms with Crippen LogP contribution in [0.2, 0.25) is 0 Å². The summed E-state index contributed by atoms with van der Waals surface area (Å²) < 4.78 is 4.99. The van der Waals surface area contributed by atoms with Crippen molar-refractivity contribution in [1.82, 2.24) is 5.32 Å². The van der Waals surface area contributed by atoms with Gasteiger partial charge in [-0.05, 0) is 19.4 Å². The third-order valence-electron chi connectivity index (χ3n) is 2.85. The van der Waals surface area contributed by atoms with E-state index in [-0.39, 0.29) is 17.8 Å². The molecule has 1 saturated heterocycles. The van der Waals surface area contributed by atoms with Crippen LogP contribution in [0.4, 0.5) is 9.80 Å². The Morgan fingerprint density at radius 1 is 1.48 bits per heavy atom. The van der Waals surface area contributed by atoms with Crippen molar-refractivity contribution in [2.75, 3.05) is 17.7 Å². The summed E-state index contributed by atoms with van der Waals surface area (Å²) in [5.74, 6) is -0.372. The lowest BCUT2D eigenvalue weighted by atomic mass is 10.2. The first kappa shape index (κ1) is 15.8. The highest BCUT2D eigenvalue weighted by atomic mass is 32.2. The molecule has 1 aromatic rings. The topological polar surface area (TPSA) is 84.5 Å². The van der Waals surface area contributed by atoms with Gasteiger partial charge in [0, 0.05) is 10.6 Å². The molecular formula is C13H16N2O4S2. The smallest absolute Gasteiger partial charge is 0.341 e. The monoisotopic (exact) mass is 328 g/mol. The fourth-order valence-electron chi connectivity index (χ4n) is 1.79. The number of aryl methyl sites for hydroxylation is 1. The van der Waals surface area contributed by atoms with Crippen molar-refractivity contribution in [3.63, 3.8) is 0 Å². The normalized spacial score (nSPS) is 17.4. The largest absolute Gasteiger partial charge is 0.462 e. The molecule has 114 valence electrons. The van der Waals surface area contributed by atoms with Crippen LogP contribution in [0.1, 0.15) is 29.1 Å². The number of hydrogen-bond donors (Lipinski definition) is 2. The van der Waals surface area contributed by atoms with Gasteiger partial charge in [0.25, 0.3) is 5.24 Å². The summed E-state index contributed by atoms with van der Waals surface area (Å²) >= 11 is 2.42. The lowest BCUT2D eigenvalue weighted by Gasteiger charge is -2.10. The van der Waals surface area contributed by atoms with E-state index in [4.69, 9.17) is 4.74 Å². The Balaban J connectivity index is 2.14. The molecule has 1 aliphatic rings. The number of carbonyl (C=O) groups is 3. The van der Waals surface area contributed by atoms with E-state index in [2.05, 4.69) is 10.6 Å². The Hall–Kier alpha value is -1.54. The Morgan fingerprint density at radius 3 is 2.81 bits per heavy atom. The first-order valence-electron chi connectivity index (χ1n) is 6.59. The summed E-state index contributed by atoms with van der Waals surface area (Å²) in [5.41, 5.74) is 0.365. The lowest BCUT2D eigenvalue weighted by Crippen LogP contribution is -2.38. The SMILES string of the molecule is CCOC(=O)c1cc(CC)sc1NC(=O)C1CSC(=O)N1. The molecule has 0 spiro atoms. The van der Waals surface area contributed by atoms with Gasteiger partial charge >= 0.3 is 5.97 Å². The third kappa shape index (κ3) is 3.76. The molecule has 0 aromatic carbocycles. The Bertz CT molecular complexity index is 571. The zero-order valence-corrected chi connectivity index (χ0v) is 13.4. The number of thiophene rings is 1. The second kappa shape index (κ2) is 6.95. The average Bonchev–Trinajstić information content (AvgIpc) is 3.05. The zero-order chi connectivity index (χ0) is 15.4. The minimum atomic E-state index is -0.565. The van der Waals surface area contributed by atoms with Crippen molar-refractivity contribution in [2.45, 2.75) is 26.3 Å². The minimum Gasteiger partial charge on any atom is -0.462 e. The maximum absolute atomic E-state index is 12.1. The van der Waals surface area contributed by atoms with Crippen molar-refractivity contribution in [3.8, 4) is 0 Å². The fraction of sp³-hybridized carbons (Fsp3) is 0.462. The van der Waals surface area contributed by atoms with Gasteiger partial charge in [-0.2, -0.15) is 0 Å². The van der Waals surface area contributed by atoms with Crippen molar-refractivity contribution in [2.24, 2.45) is 0 Å². The number of nitrogens with one attached hydrogen (secondary N) is 2. The number of carbonyl (C=O) groups excluding carboxylic acids is 3. The van der Waals surface area contributed by atoms with E-state index in [1.165, 1.54) is 11.3 Å². The van der Waals surface area contributed by atoms with Gasteiger partial charge in [-0.25, -0.2) is 4.79 Å². The second-order valence-corrected chi connectivity index (χ2v) is 6.44. The number of anilines is 1. The molecule has 0 bridgehead atoms. The summed E-state index contributed by atoms with van der Waals surface area (Å²) in [6, 6.07) is 1.17. The molecule has 1 atom stereocenters. The summed E-state index contributed by atoms with van der Waals surface area (Å²) in [7, 11) is 0. The van der Waals surface area contributed by atoms with E-state index < -0.39 is 12.0 Å². The molecule has 6 nitrogen and oxygen atoms in total. The van der Waals surface area contributed by atoms with E-state index in [0.29, 0.717) is 16.3 Å². The van der Waals surface area contributed by atoms with Crippen LogP contribution < -0.4 is 10.6 Å². The summed E-state index contributed by atoms with van der Waals surface area (Å²) in [6.07, 6.45) is 0.767. The van der Waals surface area contributed by atoms with Gasteiger partial charge in [0.1, 0.15) is 11.0 Å². The molecule has 1 aromatic heterocycles. The van der Waals surface area contributed by atoms with E-state index >= 15 is 0 Å². The number of esters is 1. The van der Waals surface area contributed by atoms with Crippen molar-refractivity contribution in [1.29, 1.82) is 0 Å². The molecular weight excluding hydrogens is 312 g/mol. The lowest BCUT2D eigenvalue weighted by molar-refractivity contribution is -0.117. The number of hydrogen-bond acceptors (Lipinski definition) is 6. The van der Waals surface area contributed by atoms with E-state index in [1.807, 2.05) is 6.92 Å². The second-order valence-electron chi connectivity index (χ2n) is 4.31. The first-order valence-corrected chi connectivity index (χ1v) is 8.39. The van der Waals surface area contributed by atoms with Gasteiger partial charge in [0.05, 0.1) is 12.2 Å². The number of amides is 2. The van der Waals surface area contributed by atoms with E-state index in [0.717, 1.165) is 23.1 Å². The third-order valence-corrected chi connectivity index (χ3v) is 4.93. The van der Waals surface area contributed by atoms with Gasteiger partial charge in [-0.3, -0.25) is 9.59 Å². The molecule has 1 aliphatic heterocycles. The number of ether oxygens (including phenoxy) is 1. The van der Waals surface area contributed by atoms with Gasteiger partial charge in [-0.15, -0.1) is 11.3 Å². The molecule has 0 radical (unpaired) electrons. The van der Waals surface area contributed by atoms with Crippen molar-refractivity contribution < 1.29 is 19.1 Å². The molecule has 8 heteroatoms. The fourth-order valence-corrected chi connectivity index (χ4v) is 3.56. The number of thioether (sulfide) groups is 1. The maximum atomic E-state index is 12.1. The summed E-state index contributed by atoms with van der Waals surface area (Å²) in [4.78, 5) is 36.1. The molecule has 1 fully saturated rings. The van der Waals surface area contributed by atoms with Crippen LogP contribution in [0, 0.1) is 0 Å². The molecule has 21 heavy (non-hydrogen) atoms. The molecule has 0 aliphatic carbocycles. The number of rotatable bonds is 5. The molecule has 2 rings (SSSR count). The minimum absolute atomic E-state index is 0.207. The van der Waals surface area contributed by atoms with Gasteiger partial charge in [-0.1, -0.05) is 18.7 Å². The van der Waals surface area contributed by atoms with E-state index in [1.54, 1.807) is 13.0 Å². The summed E-state index contributed by atoms with van der Waals surface area (Å²) in [6.45, 7) is 3.98. The zero-order valence-electron chi connectivity index (χ0n) is 11.7. The standard InChI is InChI=1S/C13H16N2O4S2/c1-3-7-5-8(12(17)19-4-2)11(21-7)15-10(16)9-6-20-13(18)14-9/h5,9H,3-4,6H2,1-2H3,(H,14,18)(H,15,16). The van der Waals surface area contributed by atoms with Crippen molar-refractivity contribution in [3.05, 3.63) is 16.5 Å². The quantitative estimate of drug-likeness (QED) is 0.810. The first-order chi connectivity index (χ1) is 10.0. The predicted octanol–water partition coefficient (Wildman–Crippen LogP) is 2.25. The molecule has 2 amide bonds. The van der Waals surface area contributed by atoms with Crippen LogP contribution in [-0.2, 0) is 16.0 Å². The predicted molar refractivity (Wildman–Crippen MR) is 83.1 cm³/mol. The summed E-state index contributed by atoms with van der Waals surface area (Å²) in [5, 5.41) is 5.55. The van der Waals surface area contributed by atoms with Gasteiger partial charge < -0.3 is 15.4 Å². The van der Waals surface area contributed by atoms with Gasteiger partial charge in [0.2, 0.25) is 5.91 Å². The van der Waals surface area contributed by atoms with Crippen LogP contribution in [0.25, 0.3) is 0 Å². The highest BCUT2D eigenvalue weighted by Crippen LogP contribution is 2.30. The Labute approximate surface area is 130 Å². The Morgan fingerprint density at radius 2 is 2.24 bits per heavy atom. The van der Waals surface area contributed by atoms with Crippen LogP contribution in [-0.4, -0.2) is 35.5 Å². The van der Waals surface area contributed by atoms with Gasteiger partial charge in [0.15, 0.2) is 0 Å². The van der Waals surface area contributed by atoms with Crippen LogP contribution in [0.3, 0.4) is 0 Å². The Kier molecular flexibility index (Phi) is 5.24. The molecule has 2 N–H and O–H groups in total. The maximum Gasteiger partial charge on any atom is 0.341 e. The van der Waals surface area contributed by atoms with E-state index in [9.17, 15) is 14.4 Å². The van der Waals surface area contributed by atoms with Crippen LogP contribution in [0.5, 0.6) is 0 Å². The highest BCUT2D eigenvalue weighted by molar-refractivity contribution is 8.14. The molecule has 2 heterocycles. The average molecular weight is 328 g/mol. The molecule has 0 saturated carbocycles. The van der Waals surface area contributed by atoms with Crippen LogP contribution >= 0.6 is 23.1 Å². The van der Waals surface area contributed by atoms with Crippen LogP contribution in [0.15, 0.2) is 6.07 Å². The van der Waals surface area contributed by atoms with Crippen molar-refractivity contribution >= 4 is 45.2 Å². The molecule has 1 unspecified atom stereocenters. The highest BCUT2D eigenvalue weighted by Gasteiger charge is 2.29.